The molecule has 1 fully saturated rings. The van der Waals surface area contributed by atoms with Gasteiger partial charge in [-0.05, 0) is 18.9 Å². The Morgan fingerprint density at radius 2 is 2.46 bits per heavy atom. The van der Waals surface area contributed by atoms with Gasteiger partial charge < -0.3 is 15.5 Å². The summed E-state index contributed by atoms with van der Waals surface area (Å²) in [6.07, 6.45) is 4.87. The Morgan fingerprint density at radius 1 is 1.69 bits per heavy atom. The second-order valence-corrected chi connectivity index (χ2v) is 3.45. The topological polar surface area (TPSA) is 68.3 Å². The maximum absolute atomic E-state index is 11.5. The van der Waals surface area contributed by atoms with Gasteiger partial charge in [0.05, 0.1) is 17.4 Å². The summed E-state index contributed by atoms with van der Waals surface area (Å²) in [7, 11) is 0. The number of amides is 1. The molecule has 1 amide bonds. The van der Waals surface area contributed by atoms with Crippen molar-refractivity contribution in [1.29, 1.82) is 0 Å². The van der Waals surface area contributed by atoms with Crippen molar-refractivity contribution >= 4 is 5.91 Å². The van der Waals surface area contributed by atoms with E-state index in [1.54, 1.807) is 6.07 Å². The van der Waals surface area contributed by atoms with Gasteiger partial charge in [-0.15, -0.1) is 0 Å². The third-order valence-electron chi connectivity index (χ3n) is 2.41. The minimum absolute atomic E-state index is 0.100. The molecule has 1 aromatic rings. The zero-order chi connectivity index (χ0) is 9.31. The number of carbonyl (C=O) groups excluding carboxylic acids is 1. The zero-order valence-electron chi connectivity index (χ0n) is 7.25. The van der Waals surface area contributed by atoms with Crippen molar-refractivity contribution < 1.29 is 9.21 Å². The van der Waals surface area contributed by atoms with E-state index in [1.165, 1.54) is 12.5 Å². The van der Waals surface area contributed by atoms with Gasteiger partial charge in [-0.1, -0.05) is 0 Å². The van der Waals surface area contributed by atoms with E-state index >= 15 is 0 Å². The highest BCUT2D eigenvalue weighted by atomic mass is 16.3. The van der Waals surface area contributed by atoms with E-state index < -0.39 is 0 Å². The normalized spacial score (nSPS) is 18.2. The Bertz CT molecular complexity index is 301. The van der Waals surface area contributed by atoms with Crippen LogP contribution in [0.25, 0.3) is 0 Å². The van der Waals surface area contributed by atoms with E-state index in [0.29, 0.717) is 12.1 Å². The van der Waals surface area contributed by atoms with Crippen LogP contribution in [0.3, 0.4) is 0 Å². The summed E-state index contributed by atoms with van der Waals surface area (Å²) >= 11 is 0. The van der Waals surface area contributed by atoms with E-state index in [1.807, 2.05) is 0 Å². The lowest BCUT2D eigenvalue weighted by atomic mass is 10.2. The smallest absolute Gasteiger partial charge is 0.255 e. The van der Waals surface area contributed by atoms with Gasteiger partial charge >= 0.3 is 0 Å². The van der Waals surface area contributed by atoms with Gasteiger partial charge in [0, 0.05) is 6.54 Å². The molecule has 1 saturated carbocycles. The number of carbonyl (C=O) groups is 1. The number of hydrogen-bond donors (Lipinski definition) is 2. The lowest BCUT2D eigenvalue weighted by Gasteiger charge is -2.13. The summed E-state index contributed by atoms with van der Waals surface area (Å²) in [4.78, 5) is 11.5. The molecule has 1 heterocycles. The number of nitrogens with two attached hydrogens (primary N) is 1. The summed E-state index contributed by atoms with van der Waals surface area (Å²) in [5.74, 6) is -0.100. The highest BCUT2D eigenvalue weighted by molar-refractivity contribution is 5.94. The molecule has 3 N–H and O–H groups in total. The van der Waals surface area contributed by atoms with Gasteiger partial charge in [0.15, 0.2) is 0 Å². The van der Waals surface area contributed by atoms with E-state index in [2.05, 4.69) is 5.32 Å². The fraction of sp³-hybridized carbons (Fsp3) is 0.444. The van der Waals surface area contributed by atoms with Gasteiger partial charge in [0.2, 0.25) is 0 Å². The van der Waals surface area contributed by atoms with Crippen molar-refractivity contribution in [3.05, 3.63) is 24.2 Å². The van der Waals surface area contributed by atoms with Crippen molar-refractivity contribution in [2.75, 3.05) is 6.54 Å². The molecule has 4 heteroatoms. The van der Waals surface area contributed by atoms with Crippen LogP contribution >= 0.6 is 0 Å². The van der Waals surface area contributed by atoms with Crippen LogP contribution in [-0.2, 0) is 0 Å². The van der Waals surface area contributed by atoms with Gasteiger partial charge in [0.1, 0.15) is 6.26 Å². The number of rotatable bonds is 3. The number of furan rings is 1. The Balaban J connectivity index is 2.00. The maximum Gasteiger partial charge on any atom is 0.255 e. The van der Waals surface area contributed by atoms with Gasteiger partial charge in [0.25, 0.3) is 5.91 Å². The molecule has 13 heavy (non-hydrogen) atoms. The van der Waals surface area contributed by atoms with Crippen LogP contribution in [0.4, 0.5) is 0 Å². The summed E-state index contributed by atoms with van der Waals surface area (Å²) < 4.78 is 4.81. The molecule has 0 aliphatic heterocycles. The number of hydrogen-bond acceptors (Lipinski definition) is 3. The molecular formula is C9H12N2O2. The molecule has 0 aromatic carbocycles. The molecule has 1 aromatic heterocycles. The Labute approximate surface area is 76.1 Å². The molecule has 4 nitrogen and oxygen atoms in total. The van der Waals surface area contributed by atoms with Gasteiger partial charge in [-0.2, -0.15) is 0 Å². The van der Waals surface area contributed by atoms with Crippen LogP contribution in [-0.4, -0.2) is 18.0 Å². The average molecular weight is 180 g/mol. The molecule has 0 radical (unpaired) electrons. The molecule has 0 spiro atoms. The van der Waals surface area contributed by atoms with Crippen LogP contribution in [0, 0.1) is 0 Å². The predicted molar refractivity (Wildman–Crippen MR) is 47.2 cm³/mol. The van der Waals surface area contributed by atoms with Crippen molar-refractivity contribution in [3.8, 4) is 0 Å². The summed E-state index contributed by atoms with van der Waals surface area (Å²) in [6.45, 7) is 0.511. The summed E-state index contributed by atoms with van der Waals surface area (Å²) in [5, 5.41) is 2.90. The van der Waals surface area contributed by atoms with Crippen molar-refractivity contribution in [1.82, 2.24) is 5.32 Å². The molecule has 2 rings (SSSR count). The predicted octanol–water partition coefficient (Wildman–Crippen LogP) is 0.501. The Kier molecular flexibility index (Phi) is 1.84. The molecule has 0 bridgehead atoms. The first-order chi connectivity index (χ1) is 6.26. The number of nitrogens with one attached hydrogen (secondary N) is 1. The monoisotopic (exact) mass is 180 g/mol. The molecule has 1 aliphatic rings. The first-order valence-electron chi connectivity index (χ1n) is 4.31. The maximum atomic E-state index is 11.5. The third kappa shape index (κ3) is 1.58. The SMILES string of the molecule is NCC1(NC(=O)c2ccoc2)CC1. The standard InChI is InChI=1S/C9H12N2O2/c10-6-9(2-3-9)11-8(12)7-1-4-13-5-7/h1,4-5H,2-3,6,10H2,(H,11,12). The Hall–Kier alpha value is -1.29. The molecular weight excluding hydrogens is 168 g/mol. The fourth-order valence-electron chi connectivity index (χ4n) is 1.24. The minimum Gasteiger partial charge on any atom is -0.472 e. The van der Waals surface area contributed by atoms with Crippen molar-refractivity contribution in [2.24, 2.45) is 5.73 Å². The fourth-order valence-corrected chi connectivity index (χ4v) is 1.24. The van der Waals surface area contributed by atoms with Crippen LogP contribution in [0.1, 0.15) is 23.2 Å². The molecule has 1 aliphatic carbocycles. The van der Waals surface area contributed by atoms with E-state index in [0.717, 1.165) is 12.8 Å². The third-order valence-corrected chi connectivity index (χ3v) is 2.41. The zero-order valence-corrected chi connectivity index (χ0v) is 7.25. The highest BCUT2D eigenvalue weighted by Crippen LogP contribution is 2.34. The van der Waals surface area contributed by atoms with Crippen LogP contribution < -0.4 is 11.1 Å². The summed E-state index contributed by atoms with van der Waals surface area (Å²) in [6, 6.07) is 1.64. The average Bonchev–Trinajstić information content (AvgIpc) is 2.69. The molecule has 0 atom stereocenters. The quantitative estimate of drug-likeness (QED) is 0.711. The first-order valence-corrected chi connectivity index (χ1v) is 4.31. The largest absolute Gasteiger partial charge is 0.472 e. The van der Waals surface area contributed by atoms with E-state index in [4.69, 9.17) is 10.2 Å². The first kappa shape index (κ1) is 8.31. The minimum atomic E-state index is -0.131. The van der Waals surface area contributed by atoms with Crippen molar-refractivity contribution in [3.63, 3.8) is 0 Å². The van der Waals surface area contributed by atoms with Crippen LogP contribution in [0.5, 0.6) is 0 Å². The second-order valence-electron chi connectivity index (χ2n) is 3.45. The van der Waals surface area contributed by atoms with Crippen LogP contribution in [0.2, 0.25) is 0 Å². The molecule has 0 saturated heterocycles. The Morgan fingerprint density at radius 3 is 2.92 bits per heavy atom. The molecule has 0 unspecified atom stereocenters. The second kappa shape index (κ2) is 2.88. The lowest BCUT2D eigenvalue weighted by molar-refractivity contribution is 0.0932. The summed E-state index contributed by atoms with van der Waals surface area (Å²) in [5.41, 5.74) is 5.96. The van der Waals surface area contributed by atoms with E-state index in [-0.39, 0.29) is 11.4 Å². The molecule has 70 valence electrons. The van der Waals surface area contributed by atoms with Gasteiger partial charge in [-0.3, -0.25) is 4.79 Å². The van der Waals surface area contributed by atoms with Gasteiger partial charge in [-0.25, -0.2) is 0 Å². The highest BCUT2D eigenvalue weighted by Gasteiger charge is 2.42. The van der Waals surface area contributed by atoms with Crippen LogP contribution in [0.15, 0.2) is 23.0 Å². The van der Waals surface area contributed by atoms with E-state index in [9.17, 15) is 4.79 Å². The lowest BCUT2D eigenvalue weighted by Crippen LogP contribution is -2.42. The van der Waals surface area contributed by atoms with Crippen molar-refractivity contribution in [2.45, 2.75) is 18.4 Å².